The van der Waals surface area contributed by atoms with Crippen LogP contribution >= 0.6 is 11.6 Å². The van der Waals surface area contributed by atoms with Crippen LogP contribution in [0.3, 0.4) is 0 Å². The average Bonchev–Trinajstić information content (AvgIpc) is 2.41. The zero-order chi connectivity index (χ0) is 14.7. The second kappa shape index (κ2) is 5.75. The summed E-state index contributed by atoms with van der Waals surface area (Å²) >= 11 is 5.88. The van der Waals surface area contributed by atoms with E-state index in [1.807, 2.05) is 0 Å². The molecule has 102 valence electrons. The smallest absolute Gasteiger partial charge is 0.221 e. The van der Waals surface area contributed by atoms with E-state index in [0.29, 0.717) is 27.5 Å². The maximum absolute atomic E-state index is 12.3. The summed E-state index contributed by atoms with van der Waals surface area (Å²) in [6.07, 6.45) is 0. The zero-order valence-corrected chi connectivity index (χ0v) is 11.6. The van der Waals surface area contributed by atoms with E-state index in [9.17, 15) is 9.59 Å². The van der Waals surface area contributed by atoms with E-state index in [1.54, 1.807) is 42.5 Å². The molecule has 2 aromatic carbocycles. The van der Waals surface area contributed by atoms with E-state index in [1.165, 1.54) is 6.92 Å². The number of hydrogen-bond acceptors (Lipinski definition) is 3. The number of hydrogen-bond donors (Lipinski definition) is 2. The highest BCUT2D eigenvalue weighted by Gasteiger charge is 2.13. The molecule has 2 rings (SSSR count). The van der Waals surface area contributed by atoms with Gasteiger partial charge in [-0.3, -0.25) is 9.59 Å². The summed E-state index contributed by atoms with van der Waals surface area (Å²) in [5.41, 5.74) is 7.64. The first kappa shape index (κ1) is 14.1. The van der Waals surface area contributed by atoms with Gasteiger partial charge in [0, 0.05) is 34.4 Å². The molecule has 20 heavy (non-hydrogen) atoms. The second-order valence-corrected chi connectivity index (χ2v) is 4.76. The molecule has 3 N–H and O–H groups in total. The lowest BCUT2D eigenvalue weighted by Gasteiger charge is -2.07. The number of benzene rings is 2. The van der Waals surface area contributed by atoms with Crippen LogP contribution in [0.1, 0.15) is 22.8 Å². The van der Waals surface area contributed by atoms with Gasteiger partial charge in [0.1, 0.15) is 0 Å². The van der Waals surface area contributed by atoms with E-state index in [-0.39, 0.29) is 11.7 Å². The van der Waals surface area contributed by atoms with Gasteiger partial charge < -0.3 is 11.1 Å². The fourth-order valence-corrected chi connectivity index (χ4v) is 1.96. The van der Waals surface area contributed by atoms with Crippen molar-refractivity contribution in [2.24, 2.45) is 0 Å². The second-order valence-electron chi connectivity index (χ2n) is 4.32. The first-order valence-electron chi connectivity index (χ1n) is 5.95. The van der Waals surface area contributed by atoms with Crippen molar-refractivity contribution in [3.8, 4) is 0 Å². The monoisotopic (exact) mass is 288 g/mol. The number of nitrogen functional groups attached to an aromatic ring is 1. The first-order valence-corrected chi connectivity index (χ1v) is 6.32. The minimum Gasteiger partial charge on any atom is -0.398 e. The Bertz CT molecular complexity index is 666. The summed E-state index contributed by atoms with van der Waals surface area (Å²) in [4.78, 5) is 23.3. The Balaban J connectivity index is 2.29. The molecule has 1 amide bonds. The lowest BCUT2D eigenvalue weighted by atomic mass is 10.0. The minimum atomic E-state index is -0.209. The average molecular weight is 289 g/mol. The molecule has 4 nitrogen and oxygen atoms in total. The maximum atomic E-state index is 12.3. The van der Waals surface area contributed by atoms with E-state index < -0.39 is 0 Å². The Morgan fingerprint density at radius 2 is 1.75 bits per heavy atom. The Labute approximate surface area is 121 Å². The molecule has 0 radical (unpaired) electrons. The van der Waals surface area contributed by atoms with Gasteiger partial charge in [0.2, 0.25) is 5.91 Å². The minimum absolute atomic E-state index is 0.164. The molecule has 0 aliphatic heterocycles. The highest BCUT2D eigenvalue weighted by molar-refractivity contribution is 6.31. The number of anilines is 2. The van der Waals surface area contributed by atoms with Gasteiger partial charge in [-0.15, -0.1) is 0 Å². The summed E-state index contributed by atoms with van der Waals surface area (Å²) in [7, 11) is 0. The molecule has 2 aromatic rings. The Morgan fingerprint density at radius 1 is 1.10 bits per heavy atom. The molecule has 0 aliphatic rings. The van der Waals surface area contributed by atoms with Crippen molar-refractivity contribution < 1.29 is 9.59 Å². The summed E-state index contributed by atoms with van der Waals surface area (Å²) in [6, 6.07) is 11.4. The molecule has 0 bridgehead atoms. The molecular formula is C15H13ClN2O2. The number of nitrogens with one attached hydrogen (secondary N) is 1. The van der Waals surface area contributed by atoms with E-state index >= 15 is 0 Å². The third-order valence-electron chi connectivity index (χ3n) is 2.73. The van der Waals surface area contributed by atoms with E-state index in [2.05, 4.69) is 5.32 Å². The van der Waals surface area contributed by atoms with Gasteiger partial charge in [-0.1, -0.05) is 11.6 Å². The predicted molar refractivity (Wildman–Crippen MR) is 80.0 cm³/mol. The molecule has 5 heteroatoms. The quantitative estimate of drug-likeness (QED) is 0.673. The summed E-state index contributed by atoms with van der Waals surface area (Å²) < 4.78 is 0. The van der Waals surface area contributed by atoms with Crippen LogP contribution in [0.4, 0.5) is 11.4 Å². The van der Waals surface area contributed by atoms with Gasteiger partial charge in [0.25, 0.3) is 0 Å². The summed E-state index contributed by atoms with van der Waals surface area (Å²) in [5, 5.41) is 3.09. The number of rotatable bonds is 3. The molecule has 0 saturated heterocycles. The van der Waals surface area contributed by atoms with Crippen LogP contribution < -0.4 is 11.1 Å². The van der Waals surface area contributed by atoms with Gasteiger partial charge in [0.15, 0.2) is 5.78 Å². The van der Waals surface area contributed by atoms with Crippen LogP contribution in [0.25, 0.3) is 0 Å². The lowest BCUT2D eigenvalue weighted by molar-refractivity contribution is -0.114. The molecule has 0 aliphatic carbocycles. The van der Waals surface area contributed by atoms with Crippen molar-refractivity contribution >= 4 is 34.7 Å². The van der Waals surface area contributed by atoms with Crippen LogP contribution in [-0.4, -0.2) is 11.7 Å². The Morgan fingerprint density at radius 3 is 2.35 bits per heavy atom. The van der Waals surface area contributed by atoms with Crippen molar-refractivity contribution in [1.29, 1.82) is 0 Å². The Hall–Kier alpha value is -2.33. The highest BCUT2D eigenvalue weighted by Crippen LogP contribution is 2.22. The topological polar surface area (TPSA) is 72.2 Å². The summed E-state index contributed by atoms with van der Waals surface area (Å²) in [5.74, 6) is -0.373. The fourth-order valence-electron chi connectivity index (χ4n) is 1.79. The van der Waals surface area contributed by atoms with Crippen molar-refractivity contribution in [3.05, 3.63) is 58.6 Å². The third kappa shape index (κ3) is 3.16. The standard InChI is InChI=1S/C15H13ClN2O2/c1-9(19)18-12-5-2-10(3-6-12)15(20)13-8-11(16)4-7-14(13)17/h2-8H,17H2,1H3,(H,18,19). The lowest BCUT2D eigenvalue weighted by Crippen LogP contribution is -2.07. The van der Waals surface area contributed by atoms with Gasteiger partial charge in [0.05, 0.1) is 0 Å². The van der Waals surface area contributed by atoms with Crippen LogP contribution in [0.15, 0.2) is 42.5 Å². The molecule has 0 fully saturated rings. The number of ketones is 1. The number of nitrogens with two attached hydrogens (primary N) is 1. The largest absolute Gasteiger partial charge is 0.398 e. The van der Waals surface area contributed by atoms with E-state index in [4.69, 9.17) is 17.3 Å². The first-order chi connectivity index (χ1) is 9.47. The summed E-state index contributed by atoms with van der Waals surface area (Å²) in [6.45, 7) is 1.42. The van der Waals surface area contributed by atoms with Crippen molar-refractivity contribution in [2.45, 2.75) is 6.92 Å². The number of amides is 1. The number of carbonyl (C=O) groups is 2. The molecule has 0 saturated carbocycles. The van der Waals surface area contributed by atoms with Crippen molar-refractivity contribution in [3.63, 3.8) is 0 Å². The molecule has 0 heterocycles. The van der Waals surface area contributed by atoms with Crippen LogP contribution in [-0.2, 0) is 4.79 Å². The van der Waals surface area contributed by atoms with Gasteiger partial charge in [-0.25, -0.2) is 0 Å². The third-order valence-corrected chi connectivity index (χ3v) is 2.96. The normalized spacial score (nSPS) is 10.1. The van der Waals surface area contributed by atoms with Gasteiger partial charge >= 0.3 is 0 Å². The molecule has 0 spiro atoms. The van der Waals surface area contributed by atoms with Crippen LogP contribution in [0.2, 0.25) is 5.02 Å². The SMILES string of the molecule is CC(=O)Nc1ccc(C(=O)c2cc(Cl)ccc2N)cc1. The van der Waals surface area contributed by atoms with E-state index in [0.717, 1.165) is 0 Å². The fraction of sp³-hybridized carbons (Fsp3) is 0.0667. The predicted octanol–water partition coefficient (Wildman–Crippen LogP) is 3.11. The number of carbonyl (C=O) groups excluding carboxylic acids is 2. The van der Waals surface area contributed by atoms with Gasteiger partial charge in [-0.05, 0) is 42.5 Å². The zero-order valence-electron chi connectivity index (χ0n) is 10.8. The van der Waals surface area contributed by atoms with Crippen molar-refractivity contribution in [1.82, 2.24) is 0 Å². The molecule has 0 aromatic heterocycles. The Kier molecular flexibility index (Phi) is 4.05. The van der Waals surface area contributed by atoms with Crippen molar-refractivity contribution in [2.75, 3.05) is 11.1 Å². The van der Waals surface area contributed by atoms with Gasteiger partial charge in [-0.2, -0.15) is 0 Å². The molecule has 0 unspecified atom stereocenters. The van der Waals surface area contributed by atoms with Crippen LogP contribution in [0, 0.1) is 0 Å². The number of halogens is 1. The molecular weight excluding hydrogens is 276 g/mol. The molecule has 0 atom stereocenters. The maximum Gasteiger partial charge on any atom is 0.221 e. The highest BCUT2D eigenvalue weighted by atomic mass is 35.5. The van der Waals surface area contributed by atoms with Crippen LogP contribution in [0.5, 0.6) is 0 Å².